The lowest BCUT2D eigenvalue weighted by Crippen LogP contribution is -2.67. The maximum absolute atomic E-state index is 12.5. The third-order valence-electron chi connectivity index (χ3n) is 8.31. The molecule has 0 aromatic heterocycles. The van der Waals surface area contributed by atoms with Crippen molar-refractivity contribution in [2.45, 2.75) is 194 Å². The predicted octanol–water partition coefficient (Wildman–Crippen LogP) is 10.3. The Balaban J connectivity index is 5.07. The quantitative estimate of drug-likeness (QED) is 0.0286. The zero-order valence-corrected chi connectivity index (χ0v) is 31.2. The number of ether oxygens (including phenoxy) is 3. The van der Waals surface area contributed by atoms with E-state index in [1.807, 2.05) is 6.92 Å². The van der Waals surface area contributed by atoms with Gasteiger partial charge in [-0.3, -0.25) is 0 Å². The fourth-order valence-electron chi connectivity index (χ4n) is 5.25. The van der Waals surface area contributed by atoms with Crippen LogP contribution in [-0.2, 0) is 19.0 Å². The fourth-order valence-corrected chi connectivity index (χ4v) is 5.69. The molecule has 262 valence electrons. The number of esters is 1. The van der Waals surface area contributed by atoms with Crippen LogP contribution in [0.5, 0.6) is 0 Å². The zero-order chi connectivity index (χ0) is 33.9. The monoisotopic (exact) mass is 645 g/mol. The van der Waals surface area contributed by atoms with Crippen molar-refractivity contribution < 1.29 is 29.2 Å². The molecule has 44 heavy (non-hydrogen) atoms. The fraction of sp³-hybridized carbons (Fsp3) is 0.919. The van der Waals surface area contributed by atoms with Crippen molar-refractivity contribution >= 4 is 18.6 Å². The number of carbonyl (C=O) groups excluding carboxylic acids is 1. The van der Waals surface area contributed by atoms with Crippen molar-refractivity contribution in [1.82, 2.24) is 0 Å². The summed E-state index contributed by atoms with van der Waals surface area (Å²) in [5.74, 6) is -3.10. The van der Waals surface area contributed by atoms with E-state index in [9.17, 15) is 15.0 Å². The van der Waals surface area contributed by atoms with Crippen LogP contribution in [-0.4, -0.2) is 45.9 Å². The van der Waals surface area contributed by atoms with Gasteiger partial charge in [-0.1, -0.05) is 139 Å². The van der Waals surface area contributed by atoms with E-state index < -0.39 is 22.5 Å². The van der Waals surface area contributed by atoms with Crippen LogP contribution < -0.4 is 0 Å². The average Bonchev–Trinajstić information content (AvgIpc) is 2.89. The van der Waals surface area contributed by atoms with Gasteiger partial charge in [-0.2, -0.15) is 0 Å². The number of rotatable bonds is 26. The second-order valence-electron chi connectivity index (χ2n) is 15.6. The van der Waals surface area contributed by atoms with Gasteiger partial charge in [0.1, 0.15) is 0 Å². The minimum atomic E-state index is -2.40. The Morgan fingerprint density at radius 3 is 1.30 bits per heavy atom. The first-order valence-corrected chi connectivity index (χ1v) is 18.1. The van der Waals surface area contributed by atoms with Gasteiger partial charge in [0, 0.05) is 5.57 Å². The number of unbranched alkanes of at least 4 members (excludes halogenated alkanes) is 12. The van der Waals surface area contributed by atoms with Crippen LogP contribution in [0.1, 0.15) is 178 Å². The Hall–Kier alpha value is -0.600. The molecule has 0 fully saturated rings. The normalized spacial score (nSPS) is 15.5. The summed E-state index contributed by atoms with van der Waals surface area (Å²) in [5, 5.41) is 23.5. The molecule has 0 aromatic carbocycles. The summed E-state index contributed by atoms with van der Waals surface area (Å²) >= 11 is 4.63. The molecule has 0 aliphatic rings. The van der Waals surface area contributed by atoms with Gasteiger partial charge < -0.3 is 24.4 Å². The molecule has 0 rings (SSSR count). The van der Waals surface area contributed by atoms with Crippen LogP contribution in [0.3, 0.4) is 0 Å². The highest BCUT2D eigenvalue weighted by Crippen LogP contribution is 2.44. The molecule has 7 heteroatoms. The molecule has 0 amide bonds. The summed E-state index contributed by atoms with van der Waals surface area (Å²) < 4.78 is 17.5. The molecule has 0 saturated heterocycles. The van der Waals surface area contributed by atoms with Crippen LogP contribution in [0, 0.1) is 10.8 Å². The molecule has 0 radical (unpaired) electrons. The second-order valence-corrected chi connectivity index (χ2v) is 16.3. The van der Waals surface area contributed by atoms with Gasteiger partial charge in [-0.15, -0.1) is 12.6 Å². The SMILES string of the molecule is C=C(C)C(=O)OC(S)(CCC)C(C)(O)C(O)(OCCCCCCCCCC(C)(C)C)OCCCCCCCCCC(C)(C)C. The molecular formula is C37H72O6S. The number of thiol groups is 1. The van der Waals surface area contributed by atoms with E-state index >= 15 is 0 Å². The number of hydrogen-bond donors (Lipinski definition) is 3. The average molecular weight is 645 g/mol. The van der Waals surface area contributed by atoms with Crippen LogP contribution >= 0.6 is 12.6 Å². The first kappa shape index (κ1) is 43.4. The third-order valence-corrected chi connectivity index (χ3v) is 9.06. The molecule has 0 bridgehead atoms. The van der Waals surface area contributed by atoms with Crippen LogP contribution in [0.15, 0.2) is 12.2 Å². The number of hydrogen-bond acceptors (Lipinski definition) is 7. The van der Waals surface area contributed by atoms with Crippen LogP contribution in [0.4, 0.5) is 0 Å². The highest BCUT2D eigenvalue weighted by Gasteiger charge is 2.62. The van der Waals surface area contributed by atoms with Crippen molar-refractivity contribution in [1.29, 1.82) is 0 Å². The zero-order valence-electron chi connectivity index (χ0n) is 30.3. The molecule has 0 aliphatic carbocycles. The van der Waals surface area contributed by atoms with Crippen molar-refractivity contribution in [3.63, 3.8) is 0 Å². The smallest absolute Gasteiger partial charge is 0.334 e. The number of carbonyl (C=O) groups is 1. The maximum Gasteiger partial charge on any atom is 0.334 e. The minimum absolute atomic E-state index is 0.178. The summed E-state index contributed by atoms with van der Waals surface area (Å²) in [4.78, 5) is 10.8. The van der Waals surface area contributed by atoms with E-state index in [1.165, 1.54) is 78.1 Å². The van der Waals surface area contributed by atoms with E-state index in [0.29, 0.717) is 17.3 Å². The van der Waals surface area contributed by atoms with Crippen LogP contribution in [0.2, 0.25) is 0 Å². The Labute approximate surface area is 277 Å². The van der Waals surface area contributed by atoms with Crippen LogP contribution in [0.25, 0.3) is 0 Å². The highest BCUT2D eigenvalue weighted by atomic mass is 32.1. The Morgan fingerprint density at radius 1 is 0.636 bits per heavy atom. The molecule has 0 spiro atoms. The largest absolute Gasteiger partial charge is 0.441 e. The van der Waals surface area contributed by atoms with E-state index in [-0.39, 0.29) is 25.2 Å². The third kappa shape index (κ3) is 18.5. The molecule has 2 unspecified atom stereocenters. The topological polar surface area (TPSA) is 85.2 Å². The molecule has 0 saturated carbocycles. The van der Waals surface area contributed by atoms with Crippen molar-refractivity contribution in [3.05, 3.63) is 12.2 Å². The summed E-state index contributed by atoms with van der Waals surface area (Å²) in [6.45, 7) is 22.6. The van der Waals surface area contributed by atoms with E-state index in [4.69, 9.17) is 14.2 Å². The first-order chi connectivity index (χ1) is 20.3. The van der Waals surface area contributed by atoms with Crippen molar-refractivity contribution in [2.24, 2.45) is 10.8 Å². The Kier molecular flexibility index (Phi) is 21.0. The summed E-state index contributed by atoms with van der Waals surface area (Å²) in [7, 11) is 0. The van der Waals surface area contributed by atoms with E-state index in [1.54, 1.807) is 0 Å². The molecule has 6 nitrogen and oxygen atoms in total. The standard InChI is InChI=1S/C37H72O6S/c1-11-26-36(44,43-32(38)31(2)3)35(10,39)37(40,41-29-24-20-16-12-14-18-22-27-33(4,5)6)42-30-25-21-17-13-15-19-23-28-34(7,8)9/h39-40,44H,2,11-30H2,1,3-10H3. The van der Waals surface area contributed by atoms with Gasteiger partial charge in [0.2, 0.25) is 0 Å². The lowest BCUT2D eigenvalue weighted by Gasteiger charge is -2.48. The second kappa shape index (κ2) is 21.3. The highest BCUT2D eigenvalue weighted by molar-refractivity contribution is 7.81. The molecule has 0 aromatic rings. The molecule has 2 atom stereocenters. The first-order valence-electron chi connectivity index (χ1n) is 17.6. The van der Waals surface area contributed by atoms with Gasteiger partial charge in [0.05, 0.1) is 13.2 Å². The van der Waals surface area contributed by atoms with E-state index in [2.05, 4.69) is 60.8 Å². The van der Waals surface area contributed by atoms with E-state index in [0.717, 1.165) is 38.5 Å². The Morgan fingerprint density at radius 2 is 0.977 bits per heavy atom. The molecule has 0 heterocycles. The predicted molar refractivity (Wildman–Crippen MR) is 188 cm³/mol. The summed E-state index contributed by atoms with van der Waals surface area (Å²) in [6.07, 6.45) is 18.6. The summed E-state index contributed by atoms with van der Waals surface area (Å²) in [6, 6.07) is 0. The number of aliphatic hydroxyl groups is 2. The summed E-state index contributed by atoms with van der Waals surface area (Å²) in [5.41, 5.74) is -1.19. The molecular weight excluding hydrogens is 572 g/mol. The van der Waals surface area contributed by atoms with Gasteiger partial charge in [-0.05, 0) is 56.8 Å². The molecule has 2 N–H and O–H groups in total. The van der Waals surface area contributed by atoms with Gasteiger partial charge in [0.15, 0.2) is 10.5 Å². The lowest BCUT2D eigenvalue weighted by atomic mass is 9.89. The minimum Gasteiger partial charge on any atom is -0.441 e. The van der Waals surface area contributed by atoms with Gasteiger partial charge >= 0.3 is 11.9 Å². The van der Waals surface area contributed by atoms with Crippen molar-refractivity contribution in [3.8, 4) is 0 Å². The lowest BCUT2D eigenvalue weighted by molar-refractivity contribution is -0.438. The Bertz CT molecular complexity index is 748. The molecule has 0 aliphatic heterocycles. The van der Waals surface area contributed by atoms with Crippen molar-refractivity contribution in [2.75, 3.05) is 13.2 Å². The maximum atomic E-state index is 12.5. The van der Waals surface area contributed by atoms with Gasteiger partial charge in [0.25, 0.3) is 0 Å². The van der Waals surface area contributed by atoms with Gasteiger partial charge in [-0.25, -0.2) is 4.79 Å².